The lowest BCUT2D eigenvalue weighted by Crippen LogP contribution is -2.67. The Balaban J connectivity index is 1.39. The van der Waals surface area contributed by atoms with Crippen molar-refractivity contribution in [2.75, 3.05) is 6.54 Å². The van der Waals surface area contributed by atoms with E-state index in [4.69, 9.17) is 11.6 Å². The number of hydrogen-bond donors (Lipinski definition) is 2. The summed E-state index contributed by atoms with van der Waals surface area (Å²) in [6.45, 7) is 0.381. The van der Waals surface area contributed by atoms with Crippen LogP contribution in [-0.4, -0.2) is 49.8 Å². The first-order chi connectivity index (χ1) is 14.3. The van der Waals surface area contributed by atoms with Crippen LogP contribution in [0.4, 0.5) is 0 Å². The van der Waals surface area contributed by atoms with Crippen LogP contribution in [0.1, 0.15) is 51.4 Å². The maximum absolute atomic E-state index is 13.0. The number of halogens is 1. The van der Waals surface area contributed by atoms with E-state index in [1.54, 1.807) is 4.90 Å². The van der Waals surface area contributed by atoms with Gasteiger partial charge in [-0.05, 0) is 49.4 Å². The van der Waals surface area contributed by atoms with Crippen molar-refractivity contribution in [1.82, 2.24) is 14.9 Å². The molecule has 0 aromatic heterocycles. The minimum Gasteiger partial charge on any atom is -0.342 e. The maximum atomic E-state index is 13.0. The molecule has 2 amide bonds. The molecule has 7 nitrogen and oxygen atoms in total. The SMILES string of the molecule is O=C1N[C@@H](CC2CCCCC2)C(=O)N2CC[C@H](NS(=O)(=O)c3ccc(Cl)cc3)C[C@@H]12. The standard InChI is InChI=1S/C21H28ClN3O4S/c22-15-6-8-17(9-7-15)30(28,29)24-16-10-11-25-19(13-16)20(26)23-18(21(25)27)12-14-4-2-1-3-5-14/h6-9,14,16,18-19,24H,1-5,10-13H2,(H,23,26)/t16-,18-,19-/m0/s1. The molecule has 1 aliphatic carbocycles. The molecular weight excluding hydrogens is 426 g/mol. The summed E-state index contributed by atoms with van der Waals surface area (Å²) in [4.78, 5) is 27.5. The molecule has 3 atom stereocenters. The fourth-order valence-corrected chi connectivity index (χ4v) is 6.34. The van der Waals surface area contributed by atoms with Gasteiger partial charge in [0.2, 0.25) is 21.8 Å². The van der Waals surface area contributed by atoms with Crippen LogP contribution in [-0.2, 0) is 19.6 Å². The minimum atomic E-state index is -3.72. The number of hydrogen-bond acceptors (Lipinski definition) is 4. The summed E-state index contributed by atoms with van der Waals surface area (Å²) in [5.41, 5.74) is 0. The zero-order valence-corrected chi connectivity index (χ0v) is 18.4. The predicted molar refractivity (Wildman–Crippen MR) is 113 cm³/mol. The second kappa shape index (κ2) is 8.85. The van der Waals surface area contributed by atoms with E-state index < -0.39 is 28.1 Å². The molecule has 0 radical (unpaired) electrons. The number of fused-ring (bicyclic) bond motifs is 1. The van der Waals surface area contributed by atoms with Gasteiger partial charge in [-0.25, -0.2) is 13.1 Å². The number of piperidine rings is 1. The molecule has 2 saturated heterocycles. The van der Waals surface area contributed by atoms with Gasteiger partial charge in [0.1, 0.15) is 12.1 Å². The summed E-state index contributed by atoms with van der Waals surface area (Å²) in [6.07, 6.45) is 7.36. The Morgan fingerprint density at radius 2 is 1.77 bits per heavy atom. The Hall–Kier alpha value is -1.64. The van der Waals surface area contributed by atoms with Crippen molar-refractivity contribution in [2.45, 2.75) is 74.4 Å². The monoisotopic (exact) mass is 453 g/mol. The van der Waals surface area contributed by atoms with Crippen molar-refractivity contribution >= 4 is 33.4 Å². The molecule has 2 aliphatic heterocycles. The van der Waals surface area contributed by atoms with Gasteiger partial charge in [-0.1, -0.05) is 43.7 Å². The van der Waals surface area contributed by atoms with Gasteiger partial charge < -0.3 is 10.2 Å². The minimum absolute atomic E-state index is 0.0239. The lowest BCUT2D eigenvalue weighted by atomic mass is 9.83. The predicted octanol–water partition coefficient (Wildman–Crippen LogP) is 2.45. The van der Waals surface area contributed by atoms with Crippen molar-refractivity contribution in [2.24, 2.45) is 5.92 Å². The molecule has 0 spiro atoms. The number of nitrogens with zero attached hydrogens (tertiary/aromatic N) is 1. The lowest BCUT2D eigenvalue weighted by molar-refractivity contribution is -0.152. The fraction of sp³-hybridized carbons (Fsp3) is 0.619. The molecule has 3 aliphatic rings. The number of benzene rings is 1. The number of rotatable bonds is 5. The Morgan fingerprint density at radius 3 is 2.47 bits per heavy atom. The van der Waals surface area contributed by atoms with Gasteiger partial charge in [-0.2, -0.15) is 0 Å². The van der Waals surface area contributed by atoms with Crippen LogP contribution < -0.4 is 10.0 Å². The molecule has 1 aromatic rings. The molecule has 164 valence electrons. The van der Waals surface area contributed by atoms with E-state index in [-0.39, 0.29) is 23.1 Å². The van der Waals surface area contributed by atoms with Crippen LogP contribution in [0, 0.1) is 5.92 Å². The Labute approximate surface area is 182 Å². The van der Waals surface area contributed by atoms with Crippen LogP contribution in [0.25, 0.3) is 0 Å². The highest BCUT2D eigenvalue weighted by Gasteiger charge is 2.44. The van der Waals surface area contributed by atoms with Gasteiger partial charge in [0.25, 0.3) is 0 Å². The summed E-state index contributed by atoms with van der Waals surface area (Å²) in [7, 11) is -3.72. The summed E-state index contributed by atoms with van der Waals surface area (Å²) in [5.74, 6) is 0.295. The van der Waals surface area contributed by atoms with Crippen molar-refractivity contribution in [1.29, 1.82) is 0 Å². The third-order valence-corrected chi connectivity index (χ3v) is 8.33. The largest absolute Gasteiger partial charge is 0.342 e. The first-order valence-electron chi connectivity index (χ1n) is 10.7. The summed E-state index contributed by atoms with van der Waals surface area (Å²) in [5, 5.41) is 3.37. The van der Waals surface area contributed by atoms with Gasteiger partial charge in [-0.15, -0.1) is 0 Å². The van der Waals surface area contributed by atoms with Crippen LogP contribution in [0.15, 0.2) is 29.2 Å². The van der Waals surface area contributed by atoms with Gasteiger partial charge in [-0.3, -0.25) is 9.59 Å². The zero-order chi connectivity index (χ0) is 21.3. The van der Waals surface area contributed by atoms with Crippen molar-refractivity contribution in [3.05, 3.63) is 29.3 Å². The number of sulfonamides is 1. The van der Waals surface area contributed by atoms with Gasteiger partial charge in [0.05, 0.1) is 4.90 Å². The highest BCUT2D eigenvalue weighted by Crippen LogP contribution is 2.30. The summed E-state index contributed by atoms with van der Waals surface area (Å²) < 4.78 is 28.0. The fourth-order valence-electron chi connectivity index (χ4n) is 4.93. The molecular formula is C21H28ClN3O4S. The zero-order valence-electron chi connectivity index (χ0n) is 16.8. The summed E-state index contributed by atoms with van der Waals surface area (Å²) >= 11 is 5.84. The third-order valence-electron chi connectivity index (χ3n) is 6.54. The van der Waals surface area contributed by atoms with E-state index in [9.17, 15) is 18.0 Å². The Morgan fingerprint density at radius 1 is 1.07 bits per heavy atom. The third kappa shape index (κ3) is 4.65. The average Bonchev–Trinajstić information content (AvgIpc) is 2.72. The second-order valence-corrected chi connectivity index (χ2v) is 10.8. The number of amides is 2. The smallest absolute Gasteiger partial charge is 0.245 e. The van der Waals surface area contributed by atoms with Gasteiger partial charge in [0, 0.05) is 17.6 Å². The lowest BCUT2D eigenvalue weighted by Gasteiger charge is -2.44. The molecule has 2 heterocycles. The molecule has 1 saturated carbocycles. The molecule has 3 fully saturated rings. The van der Waals surface area contributed by atoms with Crippen LogP contribution >= 0.6 is 11.6 Å². The Kier molecular flexibility index (Phi) is 6.36. The van der Waals surface area contributed by atoms with E-state index in [1.165, 1.54) is 43.5 Å². The highest BCUT2D eigenvalue weighted by molar-refractivity contribution is 7.89. The Bertz CT molecular complexity index is 899. The van der Waals surface area contributed by atoms with Crippen molar-refractivity contribution in [3.63, 3.8) is 0 Å². The quantitative estimate of drug-likeness (QED) is 0.715. The number of carbonyl (C=O) groups excluding carboxylic acids is 2. The normalized spacial score (nSPS) is 28.2. The summed E-state index contributed by atoms with van der Waals surface area (Å²) in [6, 6.07) is 4.49. The molecule has 4 rings (SSSR count). The van der Waals surface area contributed by atoms with E-state index in [0.29, 0.717) is 30.3 Å². The van der Waals surface area contributed by atoms with Crippen LogP contribution in [0.5, 0.6) is 0 Å². The molecule has 2 N–H and O–H groups in total. The molecule has 30 heavy (non-hydrogen) atoms. The molecule has 9 heteroatoms. The molecule has 0 bridgehead atoms. The van der Waals surface area contributed by atoms with Crippen LogP contribution in [0.3, 0.4) is 0 Å². The van der Waals surface area contributed by atoms with Crippen LogP contribution in [0.2, 0.25) is 5.02 Å². The topological polar surface area (TPSA) is 95.6 Å². The highest BCUT2D eigenvalue weighted by atomic mass is 35.5. The van der Waals surface area contributed by atoms with E-state index in [2.05, 4.69) is 10.0 Å². The van der Waals surface area contributed by atoms with Crippen molar-refractivity contribution in [3.8, 4) is 0 Å². The van der Waals surface area contributed by atoms with E-state index in [0.717, 1.165) is 12.8 Å². The second-order valence-electron chi connectivity index (χ2n) is 8.64. The molecule has 1 aromatic carbocycles. The average molecular weight is 454 g/mol. The molecule has 0 unspecified atom stereocenters. The number of piperazine rings is 1. The first kappa shape index (κ1) is 21.6. The van der Waals surface area contributed by atoms with E-state index >= 15 is 0 Å². The maximum Gasteiger partial charge on any atom is 0.245 e. The first-order valence-corrected chi connectivity index (χ1v) is 12.6. The van der Waals surface area contributed by atoms with E-state index in [1.807, 2.05) is 0 Å². The van der Waals surface area contributed by atoms with Crippen molar-refractivity contribution < 1.29 is 18.0 Å². The van der Waals surface area contributed by atoms with Gasteiger partial charge >= 0.3 is 0 Å². The number of carbonyl (C=O) groups is 2. The number of nitrogens with one attached hydrogen (secondary N) is 2. The van der Waals surface area contributed by atoms with Gasteiger partial charge in [0.15, 0.2) is 0 Å².